The fourth-order valence-electron chi connectivity index (χ4n) is 2.42. The third-order valence-corrected chi connectivity index (χ3v) is 3.64. The summed E-state index contributed by atoms with van der Waals surface area (Å²) in [5, 5.41) is 0. The van der Waals surface area contributed by atoms with Gasteiger partial charge >= 0.3 is 0 Å². The van der Waals surface area contributed by atoms with Gasteiger partial charge in [-0.05, 0) is 32.9 Å². The zero-order valence-corrected chi connectivity index (χ0v) is 12.5. The Labute approximate surface area is 120 Å². The molecule has 20 heavy (non-hydrogen) atoms. The fraction of sp³-hybridized carbons (Fsp3) is 0.562. The van der Waals surface area contributed by atoms with Crippen molar-refractivity contribution >= 4 is 5.78 Å². The number of hydrogen-bond donors (Lipinski definition) is 0. The van der Waals surface area contributed by atoms with Gasteiger partial charge in [-0.2, -0.15) is 0 Å². The number of morpholine rings is 1. The first-order valence-electron chi connectivity index (χ1n) is 7.12. The van der Waals surface area contributed by atoms with Gasteiger partial charge in [0, 0.05) is 12.1 Å². The van der Waals surface area contributed by atoms with Crippen molar-refractivity contribution in [2.45, 2.75) is 26.3 Å². The van der Waals surface area contributed by atoms with Crippen LogP contribution < -0.4 is 4.74 Å². The molecule has 1 saturated heterocycles. The van der Waals surface area contributed by atoms with E-state index in [9.17, 15) is 4.79 Å². The van der Waals surface area contributed by atoms with Crippen molar-refractivity contribution < 1.29 is 14.3 Å². The Morgan fingerprint density at radius 1 is 1.40 bits per heavy atom. The summed E-state index contributed by atoms with van der Waals surface area (Å²) in [4.78, 5) is 14.7. The average Bonchev–Trinajstić information content (AvgIpc) is 2.42. The third-order valence-electron chi connectivity index (χ3n) is 3.64. The Morgan fingerprint density at radius 3 is 2.85 bits per heavy atom. The van der Waals surface area contributed by atoms with Crippen LogP contribution in [0.5, 0.6) is 5.75 Å². The van der Waals surface area contributed by atoms with Crippen molar-refractivity contribution in [3.63, 3.8) is 0 Å². The Balaban J connectivity index is 2.12. The number of Topliss-reactive ketones (excluding diaryl/α,β-unsaturated/α-hetero) is 1. The first-order chi connectivity index (χ1) is 9.54. The molecular formula is C16H23NO3. The average molecular weight is 277 g/mol. The van der Waals surface area contributed by atoms with Gasteiger partial charge in [0.05, 0.1) is 31.9 Å². The number of para-hydroxylation sites is 1. The van der Waals surface area contributed by atoms with Crippen LogP contribution in [0.15, 0.2) is 24.3 Å². The summed E-state index contributed by atoms with van der Waals surface area (Å²) < 4.78 is 11.0. The highest BCUT2D eigenvalue weighted by Crippen LogP contribution is 2.22. The number of rotatable bonds is 5. The van der Waals surface area contributed by atoms with Crippen molar-refractivity contribution in [3.05, 3.63) is 29.8 Å². The predicted octanol–water partition coefficient (Wildman–Crippen LogP) is 2.38. The standard InChI is InChI=1S/C16H23NO3/c1-4-20-15-8-6-5-7-13(15)14(18)11-17-9-10-19-12-16(17,2)3/h5-8H,4,9-12H2,1-3H3. The van der Waals surface area contributed by atoms with Crippen LogP contribution in [0.25, 0.3) is 0 Å². The molecule has 2 rings (SSSR count). The van der Waals surface area contributed by atoms with E-state index in [0.717, 1.165) is 6.54 Å². The molecule has 1 aliphatic rings. The smallest absolute Gasteiger partial charge is 0.180 e. The van der Waals surface area contributed by atoms with E-state index in [1.807, 2.05) is 31.2 Å². The Bertz CT molecular complexity index is 471. The minimum atomic E-state index is -0.103. The molecule has 0 spiro atoms. The third kappa shape index (κ3) is 3.38. The molecule has 110 valence electrons. The second-order valence-electron chi connectivity index (χ2n) is 5.64. The van der Waals surface area contributed by atoms with Crippen LogP contribution in [0.1, 0.15) is 31.1 Å². The van der Waals surface area contributed by atoms with Gasteiger partial charge in [0.2, 0.25) is 0 Å². The van der Waals surface area contributed by atoms with Crippen LogP contribution in [0, 0.1) is 0 Å². The molecule has 0 amide bonds. The molecule has 0 radical (unpaired) electrons. The van der Waals surface area contributed by atoms with E-state index in [4.69, 9.17) is 9.47 Å². The summed E-state index contributed by atoms with van der Waals surface area (Å²) in [6.45, 7) is 9.23. The lowest BCUT2D eigenvalue weighted by molar-refractivity contribution is -0.0467. The highest BCUT2D eigenvalue weighted by molar-refractivity contribution is 6.00. The highest BCUT2D eigenvalue weighted by Gasteiger charge is 2.32. The first-order valence-corrected chi connectivity index (χ1v) is 7.12. The second-order valence-corrected chi connectivity index (χ2v) is 5.64. The number of ether oxygens (including phenoxy) is 2. The van der Waals surface area contributed by atoms with E-state index in [0.29, 0.717) is 37.7 Å². The largest absolute Gasteiger partial charge is 0.493 e. The zero-order chi connectivity index (χ0) is 14.6. The summed E-state index contributed by atoms with van der Waals surface area (Å²) in [5.74, 6) is 0.773. The summed E-state index contributed by atoms with van der Waals surface area (Å²) in [7, 11) is 0. The monoisotopic (exact) mass is 277 g/mol. The van der Waals surface area contributed by atoms with Crippen molar-refractivity contribution in [1.82, 2.24) is 4.90 Å². The van der Waals surface area contributed by atoms with Crippen LogP contribution in [-0.4, -0.2) is 49.1 Å². The number of benzene rings is 1. The lowest BCUT2D eigenvalue weighted by atomic mass is 10.0. The number of nitrogens with zero attached hydrogens (tertiary/aromatic N) is 1. The van der Waals surface area contributed by atoms with E-state index in [1.165, 1.54) is 0 Å². The van der Waals surface area contributed by atoms with Gasteiger partial charge in [0.15, 0.2) is 5.78 Å². The van der Waals surface area contributed by atoms with Crippen molar-refractivity contribution in [3.8, 4) is 5.75 Å². The van der Waals surface area contributed by atoms with Gasteiger partial charge in [0.25, 0.3) is 0 Å². The maximum atomic E-state index is 12.5. The van der Waals surface area contributed by atoms with Gasteiger partial charge < -0.3 is 9.47 Å². The molecule has 0 bridgehead atoms. The molecule has 0 aromatic heterocycles. The summed E-state index contributed by atoms with van der Waals surface area (Å²) in [5.41, 5.74) is 0.561. The molecule has 4 heteroatoms. The highest BCUT2D eigenvalue weighted by atomic mass is 16.5. The molecule has 0 aliphatic carbocycles. The quantitative estimate of drug-likeness (QED) is 0.775. The van der Waals surface area contributed by atoms with Crippen LogP contribution in [0.4, 0.5) is 0 Å². The SMILES string of the molecule is CCOc1ccccc1C(=O)CN1CCOCC1(C)C. The normalized spacial score (nSPS) is 18.8. The topological polar surface area (TPSA) is 38.8 Å². The molecule has 4 nitrogen and oxygen atoms in total. The van der Waals surface area contributed by atoms with Crippen LogP contribution in [-0.2, 0) is 4.74 Å². The molecular weight excluding hydrogens is 254 g/mol. The van der Waals surface area contributed by atoms with Crippen molar-refractivity contribution in [1.29, 1.82) is 0 Å². The number of carbonyl (C=O) groups is 1. The number of carbonyl (C=O) groups excluding carboxylic acids is 1. The minimum Gasteiger partial charge on any atom is -0.493 e. The maximum absolute atomic E-state index is 12.5. The van der Waals surface area contributed by atoms with Crippen LogP contribution in [0.2, 0.25) is 0 Å². The molecule has 1 fully saturated rings. The van der Waals surface area contributed by atoms with Gasteiger partial charge in [-0.3, -0.25) is 9.69 Å². The van der Waals surface area contributed by atoms with Gasteiger partial charge in [-0.15, -0.1) is 0 Å². The Kier molecular flexibility index (Phi) is 4.78. The summed E-state index contributed by atoms with van der Waals surface area (Å²) in [6.07, 6.45) is 0. The first kappa shape index (κ1) is 15.0. The molecule has 0 atom stereocenters. The molecule has 0 unspecified atom stereocenters. The number of ketones is 1. The molecule has 1 aliphatic heterocycles. The van der Waals surface area contributed by atoms with Crippen molar-refractivity contribution in [2.24, 2.45) is 0 Å². The van der Waals surface area contributed by atoms with Crippen LogP contribution in [0.3, 0.4) is 0 Å². The van der Waals surface area contributed by atoms with E-state index >= 15 is 0 Å². The van der Waals surface area contributed by atoms with Crippen LogP contribution >= 0.6 is 0 Å². The molecule has 1 aromatic rings. The van der Waals surface area contributed by atoms with Gasteiger partial charge in [-0.25, -0.2) is 0 Å². The lowest BCUT2D eigenvalue weighted by Crippen LogP contribution is -2.54. The maximum Gasteiger partial charge on any atom is 0.180 e. The number of hydrogen-bond acceptors (Lipinski definition) is 4. The molecule has 0 saturated carbocycles. The summed E-state index contributed by atoms with van der Waals surface area (Å²) in [6, 6.07) is 7.45. The van der Waals surface area contributed by atoms with E-state index in [-0.39, 0.29) is 11.3 Å². The molecule has 1 heterocycles. The molecule has 0 N–H and O–H groups in total. The minimum absolute atomic E-state index is 0.101. The fourth-order valence-corrected chi connectivity index (χ4v) is 2.42. The predicted molar refractivity (Wildman–Crippen MR) is 78.4 cm³/mol. The van der Waals surface area contributed by atoms with Gasteiger partial charge in [-0.1, -0.05) is 12.1 Å². The van der Waals surface area contributed by atoms with Crippen molar-refractivity contribution in [2.75, 3.05) is 32.9 Å². The van der Waals surface area contributed by atoms with E-state index in [2.05, 4.69) is 18.7 Å². The van der Waals surface area contributed by atoms with E-state index < -0.39 is 0 Å². The Hall–Kier alpha value is -1.39. The zero-order valence-electron chi connectivity index (χ0n) is 12.5. The van der Waals surface area contributed by atoms with E-state index in [1.54, 1.807) is 0 Å². The molecule has 1 aromatic carbocycles. The second kappa shape index (κ2) is 6.37. The Morgan fingerprint density at radius 2 is 2.15 bits per heavy atom. The lowest BCUT2D eigenvalue weighted by Gasteiger charge is -2.41. The summed E-state index contributed by atoms with van der Waals surface area (Å²) >= 11 is 0. The van der Waals surface area contributed by atoms with Gasteiger partial charge in [0.1, 0.15) is 5.75 Å².